The predicted molar refractivity (Wildman–Crippen MR) is 114 cm³/mol. The maximum Gasteiger partial charge on any atom is 0.131 e. The Morgan fingerprint density at radius 1 is 0.630 bits per heavy atom. The van der Waals surface area contributed by atoms with Crippen LogP contribution in [0.5, 0.6) is 0 Å². The van der Waals surface area contributed by atoms with Crippen LogP contribution in [0.2, 0.25) is 15.1 Å². The van der Waals surface area contributed by atoms with E-state index in [1.165, 1.54) is 0 Å². The van der Waals surface area contributed by atoms with Crippen molar-refractivity contribution in [2.75, 3.05) is 0 Å². The Labute approximate surface area is 173 Å². The van der Waals surface area contributed by atoms with Gasteiger partial charge in [0.1, 0.15) is 5.60 Å². The molecule has 0 fully saturated rings. The first-order valence-corrected chi connectivity index (χ1v) is 9.56. The van der Waals surface area contributed by atoms with E-state index in [1.54, 1.807) is 24.3 Å². The van der Waals surface area contributed by atoms with E-state index >= 15 is 0 Å². The first kappa shape index (κ1) is 18.3. The number of halogens is 3. The molecule has 0 aromatic heterocycles. The highest BCUT2D eigenvalue weighted by Crippen LogP contribution is 2.48. The third-order valence-electron chi connectivity index (χ3n) is 4.60. The van der Waals surface area contributed by atoms with Crippen LogP contribution in [-0.4, -0.2) is 5.11 Å². The van der Waals surface area contributed by atoms with E-state index in [9.17, 15) is 5.11 Å². The largest absolute Gasteiger partial charge is 0.377 e. The molecule has 1 N–H and O–H groups in total. The molecule has 3 aromatic carbocycles. The number of hydrogen-bond donors (Lipinski definition) is 1. The van der Waals surface area contributed by atoms with Gasteiger partial charge in [0.15, 0.2) is 0 Å². The van der Waals surface area contributed by atoms with Crippen molar-refractivity contribution in [2.45, 2.75) is 5.60 Å². The van der Waals surface area contributed by atoms with Crippen LogP contribution < -0.4 is 0 Å². The average molecular weight is 414 g/mol. The van der Waals surface area contributed by atoms with Crippen molar-refractivity contribution in [3.8, 4) is 0 Å². The van der Waals surface area contributed by atoms with Crippen molar-refractivity contribution in [1.82, 2.24) is 0 Å². The highest BCUT2D eigenvalue weighted by molar-refractivity contribution is 6.39. The molecule has 0 radical (unpaired) electrons. The molecule has 0 spiro atoms. The fraction of sp³-hybridized carbons (Fsp3) is 0.0435. The summed E-state index contributed by atoms with van der Waals surface area (Å²) in [6, 6.07) is 23.0. The molecule has 0 saturated heterocycles. The zero-order chi connectivity index (χ0) is 19.0. The third-order valence-corrected chi connectivity index (χ3v) is 5.41. The van der Waals surface area contributed by atoms with Gasteiger partial charge in [0.2, 0.25) is 0 Å². The van der Waals surface area contributed by atoms with Crippen LogP contribution in [0.4, 0.5) is 0 Å². The second-order valence-electron chi connectivity index (χ2n) is 6.42. The first-order chi connectivity index (χ1) is 13.0. The zero-order valence-corrected chi connectivity index (χ0v) is 16.4. The van der Waals surface area contributed by atoms with Crippen LogP contribution in [0.3, 0.4) is 0 Å². The van der Waals surface area contributed by atoms with E-state index in [4.69, 9.17) is 34.8 Å². The normalized spacial score (nSPS) is 15.4. The number of benzene rings is 3. The van der Waals surface area contributed by atoms with E-state index in [0.717, 1.165) is 22.3 Å². The second-order valence-corrected chi connectivity index (χ2v) is 7.67. The number of allylic oxidation sites excluding steroid dienone is 2. The third kappa shape index (κ3) is 3.44. The summed E-state index contributed by atoms with van der Waals surface area (Å²) in [6.45, 7) is 0. The molecule has 0 bridgehead atoms. The van der Waals surface area contributed by atoms with Crippen molar-refractivity contribution in [3.63, 3.8) is 0 Å². The molecule has 134 valence electrons. The van der Waals surface area contributed by atoms with Crippen molar-refractivity contribution < 1.29 is 5.11 Å². The number of hydrogen-bond acceptors (Lipinski definition) is 1. The fourth-order valence-corrected chi connectivity index (χ4v) is 4.54. The summed E-state index contributed by atoms with van der Waals surface area (Å²) in [5.74, 6) is 0. The quantitative estimate of drug-likeness (QED) is 0.489. The van der Waals surface area contributed by atoms with Gasteiger partial charge in [-0.1, -0.05) is 95.5 Å². The zero-order valence-electron chi connectivity index (χ0n) is 14.2. The summed E-state index contributed by atoms with van der Waals surface area (Å²) < 4.78 is 0. The van der Waals surface area contributed by atoms with Crippen molar-refractivity contribution in [2.24, 2.45) is 0 Å². The molecule has 1 nitrogen and oxygen atoms in total. The van der Waals surface area contributed by atoms with Gasteiger partial charge < -0.3 is 5.11 Å². The van der Waals surface area contributed by atoms with Crippen LogP contribution in [-0.2, 0) is 5.60 Å². The summed E-state index contributed by atoms with van der Waals surface area (Å²) in [4.78, 5) is 0. The van der Waals surface area contributed by atoms with Crippen LogP contribution in [0.1, 0.15) is 16.7 Å². The molecule has 0 atom stereocenters. The van der Waals surface area contributed by atoms with E-state index in [1.807, 2.05) is 60.7 Å². The molecule has 0 unspecified atom stereocenters. The fourth-order valence-electron chi connectivity index (χ4n) is 3.42. The lowest BCUT2D eigenvalue weighted by atomic mass is 9.94. The van der Waals surface area contributed by atoms with Gasteiger partial charge in [-0.05, 0) is 46.6 Å². The Kier molecular flexibility index (Phi) is 4.88. The van der Waals surface area contributed by atoms with Crippen molar-refractivity contribution in [3.05, 3.63) is 117 Å². The lowest BCUT2D eigenvalue weighted by molar-refractivity contribution is 0.147. The van der Waals surface area contributed by atoms with E-state index in [-0.39, 0.29) is 0 Å². The Morgan fingerprint density at radius 3 is 1.44 bits per heavy atom. The molecule has 1 aliphatic carbocycles. The predicted octanol–water partition coefficient (Wildman–Crippen LogP) is 7.02. The van der Waals surface area contributed by atoms with Crippen molar-refractivity contribution in [1.29, 1.82) is 0 Å². The first-order valence-electron chi connectivity index (χ1n) is 8.42. The van der Waals surface area contributed by atoms with Crippen LogP contribution in [0.25, 0.3) is 11.1 Å². The maximum atomic E-state index is 11.5. The molecule has 1 aliphatic rings. The Morgan fingerprint density at radius 2 is 1.04 bits per heavy atom. The minimum atomic E-state index is -1.44. The number of rotatable bonds is 3. The smallest absolute Gasteiger partial charge is 0.131 e. The topological polar surface area (TPSA) is 20.2 Å². The Bertz CT molecular complexity index is 975. The SMILES string of the molecule is OC1(c2c(Cl)cc(Cl)cc2Cl)C=C(c2ccccc2)C(c2ccccc2)=C1. The minimum absolute atomic E-state index is 0.323. The lowest BCUT2D eigenvalue weighted by Gasteiger charge is -2.22. The van der Waals surface area contributed by atoms with E-state index in [2.05, 4.69) is 0 Å². The Balaban J connectivity index is 1.95. The van der Waals surface area contributed by atoms with Gasteiger partial charge in [0, 0.05) is 10.6 Å². The second kappa shape index (κ2) is 7.18. The number of aliphatic hydroxyl groups is 1. The molecule has 0 aliphatic heterocycles. The monoisotopic (exact) mass is 412 g/mol. The van der Waals surface area contributed by atoms with Crippen LogP contribution in [0, 0.1) is 0 Å². The van der Waals surface area contributed by atoms with Gasteiger partial charge in [0.25, 0.3) is 0 Å². The highest BCUT2D eigenvalue weighted by Gasteiger charge is 2.36. The van der Waals surface area contributed by atoms with Crippen LogP contribution in [0.15, 0.2) is 84.9 Å². The van der Waals surface area contributed by atoms with Gasteiger partial charge in [-0.15, -0.1) is 0 Å². The standard InChI is InChI=1S/C23H15Cl3O/c24-17-11-20(25)22(21(26)12-17)23(27)13-18(15-7-3-1-4-8-15)19(14-23)16-9-5-2-6-10-16/h1-14,27H. The van der Waals surface area contributed by atoms with E-state index < -0.39 is 5.60 Å². The minimum Gasteiger partial charge on any atom is -0.377 e. The molecule has 27 heavy (non-hydrogen) atoms. The molecular formula is C23H15Cl3O. The van der Waals surface area contributed by atoms with Gasteiger partial charge in [0.05, 0.1) is 10.0 Å². The summed E-state index contributed by atoms with van der Waals surface area (Å²) in [7, 11) is 0. The highest BCUT2D eigenvalue weighted by atomic mass is 35.5. The van der Waals surface area contributed by atoms with Gasteiger partial charge in [-0.25, -0.2) is 0 Å². The maximum absolute atomic E-state index is 11.5. The van der Waals surface area contributed by atoms with Gasteiger partial charge >= 0.3 is 0 Å². The molecule has 0 heterocycles. The van der Waals surface area contributed by atoms with Crippen molar-refractivity contribution >= 4 is 45.9 Å². The molecular weight excluding hydrogens is 399 g/mol. The molecule has 3 aromatic rings. The lowest BCUT2D eigenvalue weighted by Crippen LogP contribution is -2.19. The molecule has 0 amide bonds. The summed E-state index contributed by atoms with van der Waals surface area (Å²) in [6.07, 6.45) is 3.59. The Hall–Kier alpha value is -2.03. The summed E-state index contributed by atoms with van der Waals surface area (Å²) >= 11 is 18.9. The molecule has 4 rings (SSSR count). The van der Waals surface area contributed by atoms with Gasteiger partial charge in [-0.2, -0.15) is 0 Å². The van der Waals surface area contributed by atoms with E-state index in [0.29, 0.717) is 20.6 Å². The molecule has 4 heteroatoms. The summed E-state index contributed by atoms with van der Waals surface area (Å²) in [5, 5.41) is 12.6. The summed E-state index contributed by atoms with van der Waals surface area (Å²) in [5.41, 5.74) is 2.84. The van der Waals surface area contributed by atoms with Crippen LogP contribution >= 0.6 is 34.8 Å². The van der Waals surface area contributed by atoms with Gasteiger partial charge in [-0.3, -0.25) is 0 Å². The average Bonchev–Trinajstić information content (AvgIpc) is 3.01. The molecule has 0 saturated carbocycles.